The van der Waals surface area contributed by atoms with E-state index in [1.807, 2.05) is 30.3 Å². The van der Waals surface area contributed by atoms with Crippen LogP contribution >= 0.6 is 0 Å². The van der Waals surface area contributed by atoms with E-state index in [0.29, 0.717) is 10.0 Å². The quantitative estimate of drug-likeness (QED) is 0.814. The maximum atomic E-state index is 11.9. The van der Waals surface area contributed by atoms with E-state index in [1.165, 1.54) is 5.56 Å². The summed E-state index contributed by atoms with van der Waals surface area (Å²) in [5, 5.41) is 11.9. The summed E-state index contributed by atoms with van der Waals surface area (Å²) >= 11 is 0. The Morgan fingerprint density at radius 2 is 2.15 bits per heavy atom. The number of furan rings is 1. The first-order valence-corrected chi connectivity index (χ1v) is 9.81. The number of hydrogen-bond acceptors (Lipinski definition) is 3. The molecule has 0 saturated heterocycles. The van der Waals surface area contributed by atoms with E-state index in [0.717, 1.165) is 50.0 Å². The highest BCUT2D eigenvalue weighted by molar-refractivity contribution is 5.93. The molecule has 1 aromatic carbocycles. The van der Waals surface area contributed by atoms with Gasteiger partial charge in [0.15, 0.2) is 5.76 Å². The number of carbonyl (C=O) groups is 1. The summed E-state index contributed by atoms with van der Waals surface area (Å²) in [6.07, 6.45) is 6.37. The highest BCUT2D eigenvalue weighted by Crippen LogP contribution is 2.50. The number of primary amides is 1. The standard InChI is InChI=1S/C22H28N2O3/c1-24(2,14-17-6-5-11-27-17)20-13-15-8-9-16(21(23)25)12-18(15)19-7-3-4-10-22(19,20)26/h5-6,8-9,11-12,19-20,26H,3-4,7,10,13-14H2,1-2H3,(H-,23,25)/p+1/t19?,20-,22+/m1/s1. The van der Waals surface area contributed by atoms with Gasteiger partial charge in [0.25, 0.3) is 0 Å². The Labute approximate surface area is 160 Å². The Morgan fingerprint density at radius 3 is 2.85 bits per heavy atom. The minimum Gasteiger partial charge on any atom is -0.463 e. The number of benzene rings is 1. The van der Waals surface area contributed by atoms with Crippen molar-refractivity contribution in [2.75, 3.05) is 14.1 Å². The molecule has 0 spiro atoms. The fourth-order valence-electron chi connectivity index (χ4n) is 5.41. The normalized spacial score (nSPS) is 27.7. The zero-order valence-electron chi connectivity index (χ0n) is 16.1. The molecule has 5 heteroatoms. The number of fused-ring (bicyclic) bond motifs is 3. The topological polar surface area (TPSA) is 76.5 Å². The first-order valence-electron chi connectivity index (χ1n) is 9.81. The number of amides is 1. The second-order valence-corrected chi connectivity index (χ2v) is 8.80. The molecule has 3 atom stereocenters. The van der Waals surface area contributed by atoms with Crippen molar-refractivity contribution in [3.05, 3.63) is 59.0 Å². The van der Waals surface area contributed by atoms with Crippen LogP contribution in [0.25, 0.3) is 0 Å². The Kier molecular flexibility index (Phi) is 4.40. The Bertz CT molecular complexity index is 843. The van der Waals surface area contributed by atoms with Crippen LogP contribution in [-0.4, -0.2) is 41.2 Å². The van der Waals surface area contributed by atoms with Gasteiger partial charge in [-0.05, 0) is 48.2 Å². The van der Waals surface area contributed by atoms with Gasteiger partial charge in [-0.2, -0.15) is 0 Å². The van der Waals surface area contributed by atoms with E-state index in [4.69, 9.17) is 10.2 Å². The number of carbonyl (C=O) groups excluding carboxylic acids is 1. The molecule has 27 heavy (non-hydrogen) atoms. The Balaban J connectivity index is 1.76. The van der Waals surface area contributed by atoms with E-state index in [1.54, 1.807) is 6.26 Å². The highest BCUT2D eigenvalue weighted by Gasteiger charge is 2.56. The smallest absolute Gasteiger partial charge is 0.248 e. The number of likely N-dealkylation sites (N-methyl/N-ethyl adjacent to an activating group) is 1. The van der Waals surface area contributed by atoms with Crippen molar-refractivity contribution in [1.82, 2.24) is 0 Å². The third-order valence-electron chi connectivity index (χ3n) is 6.71. The second-order valence-electron chi connectivity index (χ2n) is 8.80. The molecular weight excluding hydrogens is 340 g/mol. The van der Waals surface area contributed by atoms with Gasteiger partial charge in [0.1, 0.15) is 18.2 Å². The minimum absolute atomic E-state index is 0.0494. The second kappa shape index (κ2) is 6.50. The first-order chi connectivity index (χ1) is 12.8. The zero-order chi connectivity index (χ0) is 19.2. The summed E-state index contributed by atoms with van der Waals surface area (Å²) in [6, 6.07) is 9.75. The summed E-state index contributed by atoms with van der Waals surface area (Å²) in [5.74, 6) is 0.576. The SMILES string of the molecule is C[N+](C)(Cc1ccco1)[C@@H]1Cc2ccc(C(N)=O)cc2C2CCCC[C@]21O. The molecule has 2 aliphatic carbocycles. The number of rotatable bonds is 4. The van der Waals surface area contributed by atoms with Gasteiger partial charge in [-0.15, -0.1) is 0 Å². The van der Waals surface area contributed by atoms with Crippen molar-refractivity contribution in [3.63, 3.8) is 0 Å². The van der Waals surface area contributed by atoms with Gasteiger partial charge in [-0.3, -0.25) is 4.79 Å². The van der Waals surface area contributed by atoms with Crippen molar-refractivity contribution < 1.29 is 18.8 Å². The maximum absolute atomic E-state index is 11.9. The largest absolute Gasteiger partial charge is 0.463 e. The van der Waals surface area contributed by atoms with Crippen LogP contribution in [0.4, 0.5) is 0 Å². The molecular formula is C22H29N2O3+. The van der Waals surface area contributed by atoms with Crippen LogP contribution in [0, 0.1) is 0 Å². The van der Waals surface area contributed by atoms with Crippen LogP contribution in [0.1, 0.15) is 58.8 Å². The molecule has 2 aromatic rings. The van der Waals surface area contributed by atoms with Crippen LogP contribution in [0.2, 0.25) is 0 Å². The van der Waals surface area contributed by atoms with Crippen LogP contribution in [0.15, 0.2) is 41.0 Å². The summed E-state index contributed by atoms with van der Waals surface area (Å²) in [4.78, 5) is 11.7. The number of nitrogens with zero attached hydrogens (tertiary/aromatic N) is 1. The van der Waals surface area contributed by atoms with Crippen molar-refractivity contribution in [2.45, 2.75) is 56.2 Å². The van der Waals surface area contributed by atoms with Crippen molar-refractivity contribution in [2.24, 2.45) is 5.73 Å². The fraction of sp³-hybridized carbons (Fsp3) is 0.500. The molecule has 0 aliphatic heterocycles. The summed E-state index contributed by atoms with van der Waals surface area (Å²) in [6.45, 7) is 0.737. The molecule has 1 aromatic heterocycles. The summed E-state index contributed by atoms with van der Waals surface area (Å²) in [7, 11) is 4.36. The number of hydrogen-bond donors (Lipinski definition) is 2. The van der Waals surface area contributed by atoms with Gasteiger partial charge in [-0.1, -0.05) is 18.9 Å². The number of quaternary nitrogens is 1. The molecule has 144 valence electrons. The summed E-state index contributed by atoms with van der Waals surface area (Å²) in [5.41, 5.74) is 7.60. The monoisotopic (exact) mass is 369 g/mol. The number of nitrogens with two attached hydrogens (primary N) is 1. The van der Waals surface area contributed by atoms with E-state index < -0.39 is 11.5 Å². The number of aliphatic hydroxyl groups is 1. The molecule has 1 fully saturated rings. The lowest BCUT2D eigenvalue weighted by Crippen LogP contribution is -2.65. The van der Waals surface area contributed by atoms with Crippen LogP contribution < -0.4 is 5.73 Å². The van der Waals surface area contributed by atoms with Gasteiger partial charge >= 0.3 is 0 Å². The third-order valence-corrected chi connectivity index (χ3v) is 6.71. The molecule has 3 N–H and O–H groups in total. The van der Waals surface area contributed by atoms with E-state index in [9.17, 15) is 9.90 Å². The summed E-state index contributed by atoms with van der Waals surface area (Å²) < 4.78 is 6.26. The van der Waals surface area contributed by atoms with Crippen LogP contribution in [-0.2, 0) is 13.0 Å². The van der Waals surface area contributed by atoms with E-state index in [2.05, 4.69) is 14.1 Å². The molecule has 5 nitrogen and oxygen atoms in total. The van der Waals surface area contributed by atoms with Gasteiger partial charge in [0.2, 0.25) is 5.91 Å². The highest BCUT2D eigenvalue weighted by atomic mass is 16.3. The van der Waals surface area contributed by atoms with Gasteiger partial charge in [0.05, 0.1) is 20.4 Å². The Morgan fingerprint density at radius 1 is 1.33 bits per heavy atom. The third kappa shape index (κ3) is 3.09. The average molecular weight is 369 g/mol. The zero-order valence-corrected chi connectivity index (χ0v) is 16.1. The van der Waals surface area contributed by atoms with E-state index in [-0.39, 0.29) is 12.0 Å². The lowest BCUT2D eigenvalue weighted by Gasteiger charge is -2.54. The van der Waals surface area contributed by atoms with Crippen LogP contribution in [0.3, 0.4) is 0 Å². The lowest BCUT2D eigenvalue weighted by molar-refractivity contribution is -0.936. The van der Waals surface area contributed by atoms with Gasteiger partial charge in [0, 0.05) is 17.9 Å². The molecule has 0 radical (unpaired) electrons. The van der Waals surface area contributed by atoms with Crippen molar-refractivity contribution in [1.29, 1.82) is 0 Å². The molecule has 1 unspecified atom stereocenters. The first kappa shape index (κ1) is 18.3. The molecule has 4 rings (SSSR count). The Hall–Kier alpha value is -2.11. The average Bonchev–Trinajstić information content (AvgIpc) is 3.12. The van der Waals surface area contributed by atoms with E-state index >= 15 is 0 Å². The van der Waals surface area contributed by atoms with Crippen molar-refractivity contribution in [3.8, 4) is 0 Å². The maximum Gasteiger partial charge on any atom is 0.248 e. The van der Waals surface area contributed by atoms with Gasteiger partial charge in [-0.25, -0.2) is 0 Å². The molecule has 2 aliphatic rings. The van der Waals surface area contributed by atoms with Crippen LogP contribution in [0.5, 0.6) is 0 Å². The van der Waals surface area contributed by atoms with Crippen molar-refractivity contribution >= 4 is 5.91 Å². The molecule has 1 heterocycles. The fourth-order valence-corrected chi connectivity index (χ4v) is 5.41. The predicted octanol–water partition coefficient (Wildman–Crippen LogP) is 2.97. The lowest BCUT2D eigenvalue weighted by atomic mass is 9.61. The minimum atomic E-state index is -0.780. The molecule has 1 saturated carbocycles. The predicted molar refractivity (Wildman–Crippen MR) is 103 cm³/mol. The molecule has 0 bridgehead atoms. The molecule has 1 amide bonds. The van der Waals surface area contributed by atoms with Gasteiger partial charge < -0.3 is 19.7 Å².